The third-order valence-electron chi connectivity index (χ3n) is 2.32. The smallest absolute Gasteiger partial charge is 0.0548 e. The SMILES string of the molecule is Cc1cc(-c2ccccc2)cc(CN)n1.Cl.Cl. The van der Waals surface area contributed by atoms with Crippen molar-refractivity contribution in [2.45, 2.75) is 13.5 Å². The van der Waals surface area contributed by atoms with E-state index in [0.717, 1.165) is 11.4 Å². The molecule has 0 aliphatic rings. The predicted molar refractivity (Wildman–Crippen MR) is 76.8 cm³/mol. The maximum Gasteiger partial charge on any atom is 0.0548 e. The van der Waals surface area contributed by atoms with Crippen molar-refractivity contribution < 1.29 is 0 Å². The van der Waals surface area contributed by atoms with Crippen LogP contribution in [0, 0.1) is 6.92 Å². The van der Waals surface area contributed by atoms with Crippen LogP contribution in [-0.2, 0) is 6.54 Å². The molecular formula is C13H16Cl2N2. The first-order valence-corrected chi connectivity index (χ1v) is 5.02. The van der Waals surface area contributed by atoms with Crippen LogP contribution in [-0.4, -0.2) is 4.98 Å². The number of benzene rings is 1. The van der Waals surface area contributed by atoms with Crippen molar-refractivity contribution >= 4 is 24.8 Å². The van der Waals surface area contributed by atoms with Gasteiger partial charge in [0.15, 0.2) is 0 Å². The summed E-state index contributed by atoms with van der Waals surface area (Å²) in [6, 6.07) is 14.4. The van der Waals surface area contributed by atoms with Crippen LogP contribution in [0.4, 0.5) is 0 Å². The average molecular weight is 271 g/mol. The fourth-order valence-electron chi connectivity index (χ4n) is 1.64. The molecule has 0 saturated carbocycles. The number of nitrogens with two attached hydrogens (primary N) is 1. The minimum absolute atomic E-state index is 0. The van der Waals surface area contributed by atoms with E-state index >= 15 is 0 Å². The molecule has 1 heterocycles. The van der Waals surface area contributed by atoms with Gasteiger partial charge in [0.25, 0.3) is 0 Å². The van der Waals surface area contributed by atoms with Gasteiger partial charge in [-0.15, -0.1) is 24.8 Å². The molecule has 1 aromatic heterocycles. The van der Waals surface area contributed by atoms with Crippen molar-refractivity contribution in [1.82, 2.24) is 4.98 Å². The summed E-state index contributed by atoms with van der Waals surface area (Å²) in [7, 11) is 0. The normalized spacial score (nSPS) is 9.06. The van der Waals surface area contributed by atoms with Crippen LogP contribution in [0.1, 0.15) is 11.4 Å². The highest BCUT2D eigenvalue weighted by Gasteiger charge is 2.00. The standard InChI is InChI=1S/C13H14N2.2ClH/c1-10-7-12(8-13(9-14)15-10)11-5-3-2-4-6-11;;/h2-8H,9,14H2,1H3;2*1H. The van der Waals surface area contributed by atoms with E-state index in [0.29, 0.717) is 6.54 Å². The van der Waals surface area contributed by atoms with Crippen LogP contribution < -0.4 is 5.73 Å². The third kappa shape index (κ3) is 4.00. The fourth-order valence-corrected chi connectivity index (χ4v) is 1.64. The number of hydrogen-bond acceptors (Lipinski definition) is 2. The molecule has 0 aliphatic heterocycles. The summed E-state index contributed by atoms with van der Waals surface area (Å²) < 4.78 is 0. The highest BCUT2D eigenvalue weighted by Crippen LogP contribution is 2.20. The molecule has 92 valence electrons. The second kappa shape index (κ2) is 7.28. The second-order valence-electron chi connectivity index (χ2n) is 3.56. The number of aromatic nitrogens is 1. The Morgan fingerprint density at radius 1 is 1.00 bits per heavy atom. The summed E-state index contributed by atoms with van der Waals surface area (Å²) in [6.07, 6.45) is 0. The van der Waals surface area contributed by atoms with Crippen LogP contribution in [0.3, 0.4) is 0 Å². The van der Waals surface area contributed by atoms with Crippen LogP contribution in [0.5, 0.6) is 0 Å². The number of halogens is 2. The lowest BCUT2D eigenvalue weighted by Gasteiger charge is -2.05. The maximum absolute atomic E-state index is 5.60. The molecule has 17 heavy (non-hydrogen) atoms. The van der Waals surface area contributed by atoms with Gasteiger partial charge >= 0.3 is 0 Å². The fraction of sp³-hybridized carbons (Fsp3) is 0.154. The minimum Gasteiger partial charge on any atom is -0.325 e. The van der Waals surface area contributed by atoms with Gasteiger partial charge in [0.1, 0.15) is 0 Å². The van der Waals surface area contributed by atoms with Gasteiger partial charge in [0.05, 0.1) is 5.69 Å². The van der Waals surface area contributed by atoms with Crippen LogP contribution >= 0.6 is 24.8 Å². The summed E-state index contributed by atoms with van der Waals surface area (Å²) in [4.78, 5) is 4.35. The molecule has 0 fully saturated rings. The molecular weight excluding hydrogens is 255 g/mol. The van der Waals surface area contributed by atoms with Gasteiger partial charge in [-0.25, -0.2) is 0 Å². The third-order valence-corrected chi connectivity index (χ3v) is 2.32. The van der Waals surface area contributed by atoms with E-state index in [1.165, 1.54) is 11.1 Å². The lowest BCUT2D eigenvalue weighted by atomic mass is 10.1. The predicted octanol–water partition coefficient (Wildman–Crippen LogP) is 3.36. The number of rotatable bonds is 2. The van der Waals surface area contributed by atoms with E-state index in [2.05, 4.69) is 23.2 Å². The number of hydrogen-bond donors (Lipinski definition) is 1. The van der Waals surface area contributed by atoms with Crippen molar-refractivity contribution in [1.29, 1.82) is 0 Å². The molecule has 0 saturated heterocycles. The molecule has 0 radical (unpaired) electrons. The minimum atomic E-state index is 0. The van der Waals surface area contributed by atoms with Gasteiger partial charge < -0.3 is 5.73 Å². The summed E-state index contributed by atoms with van der Waals surface area (Å²) in [5.74, 6) is 0. The zero-order valence-electron chi connectivity index (χ0n) is 9.59. The molecule has 0 bridgehead atoms. The molecule has 0 amide bonds. The molecule has 0 unspecified atom stereocenters. The molecule has 0 aliphatic carbocycles. The average Bonchev–Trinajstić information content (AvgIpc) is 2.29. The van der Waals surface area contributed by atoms with E-state index in [9.17, 15) is 0 Å². The Labute approximate surface area is 114 Å². The highest BCUT2D eigenvalue weighted by atomic mass is 35.5. The Balaban J connectivity index is 0.00000128. The van der Waals surface area contributed by atoms with Gasteiger partial charge in [-0.1, -0.05) is 30.3 Å². The quantitative estimate of drug-likeness (QED) is 0.909. The van der Waals surface area contributed by atoms with Crippen LogP contribution in [0.25, 0.3) is 11.1 Å². The molecule has 4 heteroatoms. The number of nitrogens with zero attached hydrogens (tertiary/aromatic N) is 1. The first-order valence-electron chi connectivity index (χ1n) is 5.02. The largest absolute Gasteiger partial charge is 0.325 e. The lowest BCUT2D eigenvalue weighted by Crippen LogP contribution is -2.00. The molecule has 2 N–H and O–H groups in total. The maximum atomic E-state index is 5.60. The first-order chi connectivity index (χ1) is 7.29. The van der Waals surface area contributed by atoms with E-state index in [1.54, 1.807) is 0 Å². The highest BCUT2D eigenvalue weighted by molar-refractivity contribution is 5.85. The number of pyridine rings is 1. The molecule has 0 spiro atoms. The summed E-state index contributed by atoms with van der Waals surface area (Å²) >= 11 is 0. The lowest BCUT2D eigenvalue weighted by molar-refractivity contribution is 0.970. The molecule has 1 aromatic carbocycles. The monoisotopic (exact) mass is 270 g/mol. The van der Waals surface area contributed by atoms with E-state index in [4.69, 9.17) is 5.73 Å². The first kappa shape index (κ1) is 15.9. The Kier molecular flexibility index (Phi) is 6.81. The van der Waals surface area contributed by atoms with Gasteiger partial charge in [0, 0.05) is 12.2 Å². The van der Waals surface area contributed by atoms with Crippen molar-refractivity contribution in [2.24, 2.45) is 5.73 Å². The van der Waals surface area contributed by atoms with Gasteiger partial charge in [-0.2, -0.15) is 0 Å². The zero-order valence-corrected chi connectivity index (χ0v) is 11.2. The number of aryl methyl sites for hydroxylation is 1. The summed E-state index contributed by atoms with van der Waals surface area (Å²) in [5, 5.41) is 0. The Bertz CT molecular complexity index is 458. The van der Waals surface area contributed by atoms with E-state index in [-0.39, 0.29) is 24.8 Å². The van der Waals surface area contributed by atoms with Crippen molar-refractivity contribution in [3.8, 4) is 11.1 Å². The molecule has 2 aromatic rings. The zero-order chi connectivity index (χ0) is 10.7. The molecule has 0 atom stereocenters. The Morgan fingerprint density at radius 2 is 1.65 bits per heavy atom. The van der Waals surface area contributed by atoms with Gasteiger partial charge in [-0.05, 0) is 30.2 Å². The van der Waals surface area contributed by atoms with Crippen LogP contribution in [0.2, 0.25) is 0 Å². The topological polar surface area (TPSA) is 38.9 Å². The van der Waals surface area contributed by atoms with Crippen LogP contribution in [0.15, 0.2) is 42.5 Å². The molecule has 2 rings (SSSR count). The second-order valence-corrected chi connectivity index (χ2v) is 3.56. The van der Waals surface area contributed by atoms with E-state index < -0.39 is 0 Å². The molecule has 2 nitrogen and oxygen atoms in total. The van der Waals surface area contributed by atoms with Gasteiger partial charge in [0.2, 0.25) is 0 Å². The van der Waals surface area contributed by atoms with Gasteiger partial charge in [-0.3, -0.25) is 4.98 Å². The van der Waals surface area contributed by atoms with E-state index in [1.807, 2.05) is 31.2 Å². The summed E-state index contributed by atoms with van der Waals surface area (Å²) in [5.41, 5.74) is 9.94. The van der Waals surface area contributed by atoms with Crippen molar-refractivity contribution in [2.75, 3.05) is 0 Å². The Morgan fingerprint density at radius 3 is 2.24 bits per heavy atom. The Hall–Kier alpha value is -1.09. The summed E-state index contributed by atoms with van der Waals surface area (Å²) in [6.45, 7) is 2.48. The van der Waals surface area contributed by atoms with Crippen molar-refractivity contribution in [3.63, 3.8) is 0 Å². The van der Waals surface area contributed by atoms with Crippen molar-refractivity contribution in [3.05, 3.63) is 53.9 Å².